The lowest BCUT2D eigenvalue weighted by Gasteiger charge is -2.27. The molecule has 0 bridgehead atoms. The van der Waals surface area contributed by atoms with Crippen LogP contribution in [-0.2, 0) is 16.0 Å². The Hall–Kier alpha value is -1.74. The van der Waals surface area contributed by atoms with Crippen LogP contribution in [0.3, 0.4) is 0 Å². The highest BCUT2D eigenvalue weighted by molar-refractivity contribution is 5.86. The minimum absolute atomic E-state index is 0. The highest BCUT2D eigenvalue weighted by Gasteiger charge is 2.25. The number of halogens is 2. The molecule has 1 aromatic rings. The largest absolute Gasteiger partial charge is 0.508 e. The highest BCUT2D eigenvalue weighted by atomic mass is 35.5. The van der Waals surface area contributed by atoms with Gasteiger partial charge in [0.15, 0.2) is 0 Å². The number of phenolic OH excluding ortho intramolecular Hbond substituents is 1. The maximum Gasteiger partial charge on any atom is 0.407 e. The molecule has 1 atom stereocenters. The highest BCUT2D eigenvalue weighted by Crippen LogP contribution is 2.13. The van der Waals surface area contributed by atoms with Gasteiger partial charge in [-0.3, -0.25) is 9.69 Å². The fourth-order valence-corrected chi connectivity index (χ4v) is 3.28. The number of nitrogens with zero attached hydrogens (tertiary/aromatic N) is 2. The number of rotatable bonds is 10. The van der Waals surface area contributed by atoms with Crippen LogP contribution in [0.5, 0.6) is 5.75 Å². The van der Waals surface area contributed by atoms with Crippen molar-refractivity contribution in [3.05, 3.63) is 29.8 Å². The normalized spacial score (nSPS) is 14.6. The van der Waals surface area contributed by atoms with Crippen LogP contribution in [0.2, 0.25) is 0 Å². The smallest absolute Gasteiger partial charge is 0.407 e. The molecule has 1 aliphatic heterocycles. The second-order valence-corrected chi connectivity index (χ2v) is 8.24. The molecule has 1 aromatic carbocycles. The first-order valence-electron chi connectivity index (χ1n) is 10.7. The zero-order valence-corrected chi connectivity index (χ0v) is 20.8. The predicted octanol–water partition coefficient (Wildman–Crippen LogP) is 2.28. The molecular formula is C22H38Cl2N4O4. The van der Waals surface area contributed by atoms with Gasteiger partial charge in [-0.2, -0.15) is 0 Å². The molecule has 0 spiro atoms. The summed E-state index contributed by atoms with van der Waals surface area (Å²) in [6, 6.07) is 5.93. The minimum Gasteiger partial charge on any atom is -0.508 e. The molecule has 2 amide bonds. The van der Waals surface area contributed by atoms with Crippen molar-refractivity contribution < 1.29 is 19.4 Å². The van der Waals surface area contributed by atoms with Crippen molar-refractivity contribution in [2.24, 2.45) is 5.92 Å². The van der Waals surface area contributed by atoms with E-state index in [4.69, 9.17) is 4.74 Å². The van der Waals surface area contributed by atoms with Crippen LogP contribution in [0.1, 0.15) is 25.8 Å². The SMILES string of the molecule is CC(C)CCN(C)C(=O)[C@H](Cc1ccc(O)cc1)NC(=O)OCCN1CCNCC1.Cl.Cl. The molecule has 2 rings (SSSR count). The Kier molecular flexibility index (Phi) is 15.1. The monoisotopic (exact) mass is 492 g/mol. The van der Waals surface area contributed by atoms with Gasteiger partial charge in [0.25, 0.3) is 0 Å². The molecule has 32 heavy (non-hydrogen) atoms. The first kappa shape index (κ1) is 30.3. The molecule has 3 N–H and O–H groups in total. The van der Waals surface area contributed by atoms with Crippen molar-refractivity contribution in [3.8, 4) is 5.75 Å². The standard InChI is InChI=1S/C22H36N4O4.2ClH/c1-17(2)8-11-25(3)21(28)20(16-18-4-6-19(27)7-5-18)24-22(29)30-15-14-26-12-9-23-10-13-26;;/h4-7,17,20,23,27H,8-16H2,1-3H3,(H,24,29);2*1H/t20-;;/m0../s1. The van der Waals surface area contributed by atoms with E-state index in [1.165, 1.54) is 0 Å². The Balaban J connectivity index is 0.00000480. The third-order valence-electron chi connectivity index (χ3n) is 5.23. The van der Waals surface area contributed by atoms with Gasteiger partial charge in [0.1, 0.15) is 18.4 Å². The number of ether oxygens (including phenoxy) is 1. The van der Waals surface area contributed by atoms with Crippen molar-refractivity contribution in [3.63, 3.8) is 0 Å². The molecule has 0 radical (unpaired) electrons. The van der Waals surface area contributed by atoms with E-state index in [1.54, 1.807) is 36.2 Å². The van der Waals surface area contributed by atoms with Crippen molar-refractivity contribution in [1.29, 1.82) is 0 Å². The Bertz CT molecular complexity index is 670. The molecule has 0 aliphatic carbocycles. The summed E-state index contributed by atoms with van der Waals surface area (Å²) >= 11 is 0. The lowest BCUT2D eigenvalue weighted by molar-refractivity contribution is -0.132. The van der Waals surface area contributed by atoms with Crippen molar-refractivity contribution in [2.75, 3.05) is 52.9 Å². The van der Waals surface area contributed by atoms with Crippen LogP contribution >= 0.6 is 24.8 Å². The Labute approximate surface area is 203 Å². The van der Waals surface area contributed by atoms with Gasteiger partial charge in [-0.15, -0.1) is 24.8 Å². The van der Waals surface area contributed by atoms with E-state index in [0.717, 1.165) is 38.2 Å². The number of alkyl carbamates (subject to hydrolysis) is 1. The molecule has 10 heteroatoms. The van der Waals surface area contributed by atoms with Gasteiger partial charge in [-0.05, 0) is 30.0 Å². The number of nitrogens with one attached hydrogen (secondary N) is 2. The molecule has 1 heterocycles. The fraction of sp³-hybridized carbons (Fsp3) is 0.636. The van der Waals surface area contributed by atoms with Gasteiger partial charge in [0, 0.05) is 52.7 Å². The molecule has 184 valence electrons. The molecule has 8 nitrogen and oxygen atoms in total. The van der Waals surface area contributed by atoms with Gasteiger partial charge in [0.2, 0.25) is 5.91 Å². The third-order valence-corrected chi connectivity index (χ3v) is 5.23. The number of benzene rings is 1. The maximum atomic E-state index is 13.0. The number of aromatic hydroxyl groups is 1. The summed E-state index contributed by atoms with van der Waals surface area (Å²) in [5, 5.41) is 15.5. The average Bonchev–Trinajstić information content (AvgIpc) is 2.73. The molecule has 1 aliphatic rings. The molecule has 1 fully saturated rings. The average molecular weight is 493 g/mol. The summed E-state index contributed by atoms with van der Waals surface area (Å²) in [6.07, 6.45) is 0.640. The third kappa shape index (κ3) is 11.2. The second kappa shape index (κ2) is 16.0. The van der Waals surface area contributed by atoms with Crippen LogP contribution < -0.4 is 10.6 Å². The predicted molar refractivity (Wildman–Crippen MR) is 131 cm³/mol. The van der Waals surface area contributed by atoms with Crippen molar-refractivity contribution >= 4 is 36.8 Å². The number of piperazine rings is 1. The topological polar surface area (TPSA) is 94.1 Å². The molecule has 1 saturated heterocycles. The van der Waals surface area contributed by atoms with Crippen LogP contribution in [0, 0.1) is 5.92 Å². The summed E-state index contributed by atoms with van der Waals surface area (Å²) in [5.74, 6) is 0.498. The van der Waals surface area contributed by atoms with E-state index in [1.807, 2.05) is 0 Å². The lowest BCUT2D eigenvalue weighted by Crippen LogP contribution is -2.49. The molecular weight excluding hydrogens is 455 g/mol. The van der Waals surface area contributed by atoms with E-state index in [9.17, 15) is 14.7 Å². The Morgan fingerprint density at radius 1 is 1.19 bits per heavy atom. The second-order valence-electron chi connectivity index (χ2n) is 8.24. The van der Waals surface area contributed by atoms with E-state index in [0.29, 0.717) is 25.4 Å². The number of phenols is 1. The van der Waals surface area contributed by atoms with Crippen molar-refractivity contribution in [2.45, 2.75) is 32.7 Å². The summed E-state index contributed by atoms with van der Waals surface area (Å²) in [4.78, 5) is 29.2. The fourth-order valence-electron chi connectivity index (χ4n) is 3.28. The van der Waals surface area contributed by atoms with Gasteiger partial charge in [0.05, 0.1) is 0 Å². The van der Waals surface area contributed by atoms with Gasteiger partial charge in [-0.25, -0.2) is 4.79 Å². The van der Waals surface area contributed by atoms with Gasteiger partial charge < -0.3 is 25.4 Å². The van der Waals surface area contributed by atoms with Crippen molar-refractivity contribution in [1.82, 2.24) is 20.4 Å². The Morgan fingerprint density at radius 3 is 2.41 bits per heavy atom. The number of carbonyl (C=O) groups is 2. The summed E-state index contributed by atoms with van der Waals surface area (Å²) in [5.41, 5.74) is 0.851. The molecule has 0 unspecified atom stereocenters. The molecule has 0 saturated carbocycles. The quantitative estimate of drug-likeness (QED) is 0.463. The first-order chi connectivity index (χ1) is 14.3. The van der Waals surface area contributed by atoms with E-state index < -0.39 is 12.1 Å². The van der Waals surface area contributed by atoms with Crippen LogP contribution in [0.25, 0.3) is 0 Å². The number of hydrogen-bond donors (Lipinski definition) is 3. The number of hydrogen-bond acceptors (Lipinski definition) is 6. The van der Waals surface area contributed by atoms with E-state index in [2.05, 4.69) is 29.4 Å². The summed E-state index contributed by atoms with van der Waals surface area (Å²) in [7, 11) is 1.76. The number of carbonyl (C=O) groups excluding carboxylic acids is 2. The van der Waals surface area contributed by atoms with Gasteiger partial charge in [-0.1, -0.05) is 26.0 Å². The zero-order chi connectivity index (χ0) is 21.9. The summed E-state index contributed by atoms with van der Waals surface area (Å²) < 4.78 is 5.34. The van der Waals surface area contributed by atoms with Crippen LogP contribution in [0.15, 0.2) is 24.3 Å². The lowest BCUT2D eigenvalue weighted by atomic mass is 10.0. The van der Waals surface area contributed by atoms with Gasteiger partial charge >= 0.3 is 6.09 Å². The van der Waals surface area contributed by atoms with E-state index in [-0.39, 0.29) is 43.1 Å². The first-order valence-corrected chi connectivity index (χ1v) is 10.7. The number of amides is 2. The summed E-state index contributed by atoms with van der Waals surface area (Å²) in [6.45, 7) is 9.58. The minimum atomic E-state index is -0.724. The van der Waals surface area contributed by atoms with Crippen LogP contribution in [-0.4, -0.2) is 85.9 Å². The molecule has 0 aromatic heterocycles. The Morgan fingerprint density at radius 2 is 1.81 bits per heavy atom. The maximum absolute atomic E-state index is 13.0. The van der Waals surface area contributed by atoms with E-state index >= 15 is 0 Å². The number of likely N-dealkylation sites (N-methyl/N-ethyl adjacent to an activating group) is 1. The zero-order valence-electron chi connectivity index (χ0n) is 19.2. The van der Waals surface area contributed by atoms with Crippen LogP contribution in [0.4, 0.5) is 4.79 Å².